The van der Waals surface area contributed by atoms with E-state index in [0.29, 0.717) is 30.6 Å². The SMILES string of the molecule is CCNC(C)c1ccc(OCCN(C(C)C)C(C)C)nc1. The number of hydrogen-bond acceptors (Lipinski definition) is 4. The molecular formula is C17H31N3O. The van der Waals surface area contributed by atoms with Crippen molar-refractivity contribution in [1.82, 2.24) is 15.2 Å². The molecule has 0 radical (unpaired) electrons. The highest BCUT2D eigenvalue weighted by molar-refractivity contribution is 5.20. The Hall–Kier alpha value is -1.13. The van der Waals surface area contributed by atoms with Crippen molar-refractivity contribution in [2.45, 2.75) is 59.7 Å². The summed E-state index contributed by atoms with van der Waals surface area (Å²) in [6, 6.07) is 5.43. The van der Waals surface area contributed by atoms with E-state index in [4.69, 9.17) is 4.74 Å². The molecule has 0 spiro atoms. The standard InChI is InChI=1S/C17H31N3O/c1-7-18-15(6)16-8-9-17(19-12-16)21-11-10-20(13(2)3)14(4)5/h8-9,12-15,18H,7,10-11H2,1-6H3. The van der Waals surface area contributed by atoms with Crippen LogP contribution in [0.4, 0.5) is 0 Å². The molecule has 1 rings (SSSR count). The van der Waals surface area contributed by atoms with Crippen molar-refractivity contribution in [2.75, 3.05) is 19.7 Å². The number of rotatable bonds is 9. The van der Waals surface area contributed by atoms with Gasteiger partial charge in [0, 0.05) is 36.9 Å². The van der Waals surface area contributed by atoms with Crippen molar-refractivity contribution in [3.05, 3.63) is 23.9 Å². The molecule has 1 heterocycles. The van der Waals surface area contributed by atoms with Gasteiger partial charge in [-0.2, -0.15) is 0 Å². The molecule has 0 aliphatic carbocycles. The first-order valence-corrected chi connectivity index (χ1v) is 8.03. The van der Waals surface area contributed by atoms with Crippen LogP contribution in [0.15, 0.2) is 18.3 Å². The molecule has 1 N–H and O–H groups in total. The van der Waals surface area contributed by atoms with E-state index in [-0.39, 0.29) is 0 Å². The lowest BCUT2D eigenvalue weighted by Gasteiger charge is -2.30. The summed E-state index contributed by atoms with van der Waals surface area (Å²) in [5.41, 5.74) is 1.19. The molecule has 0 aromatic carbocycles. The fourth-order valence-corrected chi connectivity index (χ4v) is 2.53. The highest BCUT2D eigenvalue weighted by Gasteiger charge is 2.13. The van der Waals surface area contributed by atoms with Gasteiger partial charge in [0.2, 0.25) is 5.88 Å². The maximum absolute atomic E-state index is 5.76. The second kappa shape index (κ2) is 9.00. The number of hydrogen-bond donors (Lipinski definition) is 1. The normalized spacial score (nSPS) is 13.2. The van der Waals surface area contributed by atoms with Gasteiger partial charge in [0.05, 0.1) is 0 Å². The van der Waals surface area contributed by atoms with Gasteiger partial charge in [-0.1, -0.05) is 13.0 Å². The smallest absolute Gasteiger partial charge is 0.213 e. The zero-order valence-electron chi connectivity index (χ0n) is 14.4. The molecule has 120 valence electrons. The zero-order valence-corrected chi connectivity index (χ0v) is 14.4. The highest BCUT2D eigenvalue weighted by Crippen LogP contribution is 2.14. The van der Waals surface area contributed by atoms with E-state index < -0.39 is 0 Å². The van der Waals surface area contributed by atoms with E-state index in [1.54, 1.807) is 0 Å². The van der Waals surface area contributed by atoms with Gasteiger partial charge in [-0.15, -0.1) is 0 Å². The molecule has 4 nitrogen and oxygen atoms in total. The Morgan fingerprint density at radius 3 is 2.29 bits per heavy atom. The quantitative estimate of drug-likeness (QED) is 0.758. The van der Waals surface area contributed by atoms with E-state index in [0.717, 1.165) is 13.1 Å². The second-order valence-electron chi connectivity index (χ2n) is 5.98. The van der Waals surface area contributed by atoms with Crippen LogP contribution in [0, 0.1) is 0 Å². The molecule has 0 amide bonds. The topological polar surface area (TPSA) is 37.4 Å². The van der Waals surface area contributed by atoms with Crippen molar-refractivity contribution in [3.63, 3.8) is 0 Å². The highest BCUT2D eigenvalue weighted by atomic mass is 16.5. The minimum absolute atomic E-state index is 0.328. The van der Waals surface area contributed by atoms with Gasteiger partial charge in [0.1, 0.15) is 6.61 Å². The Bertz CT molecular complexity index is 382. The van der Waals surface area contributed by atoms with E-state index >= 15 is 0 Å². The monoisotopic (exact) mass is 293 g/mol. The predicted octanol–water partition coefficient (Wildman–Crippen LogP) is 3.25. The van der Waals surface area contributed by atoms with Crippen molar-refractivity contribution in [1.29, 1.82) is 0 Å². The van der Waals surface area contributed by atoms with Crippen LogP contribution in [-0.2, 0) is 0 Å². The summed E-state index contributed by atoms with van der Waals surface area (Å²) in [7, 11) is 0. The molecule has 0 saturated heterocycles. The van der Waals surface area contributed by atoms with E-state index in [2.05, 4.69) is 62.8 Å². The Labute approximate surface area is 129 Å². The van der Waals surface area contributed by atoms with Crippen molar-refractivity contribution in [3.8, 4) is 5.88 Å². The maximum Gasteiger partial charge on any atom is 0.213 e. The molecule has 21 heavy (non-hydrogen) atoms. The lowest BCUT2D eigenvalue weighted by atomic mass is 10.1. The summed E-state index contributed by atoms with van der Waals surface area (Å²) in [4.78, 5) is 6.81. The molecule has 0 aliphatic rings. The van der Waals surface area contributed by atoms with Crippen molar-refractivity contribution in [2.24, 2.45) is 0 Å². The van der Waals surface area contributed by atoms with Gasteiger partial charge in [-0.3, -0.25) is 4.90 Å². The van der Waals surface area contributed by atoms with Crippen LogP contribution in [0.3, 0.4) is 0 Å². The number of nitrogens with zero attached hydrogens (tertiary/aromatic N) is 2. The van der Waals surface area contributed by atoms with Gasteiger partial charge in [0.25, 0.3) is 0 Å². The lowest BCUT2D eigenvalue weighted by Crippen LogP contribution is -2.39. The summed E-state index contributed by atoms with van der Waals surface area (Å²) >= 11 is 0. The molecule has 1 unspecified atom stereocenters. The third kappa shape index (κ3) is 6.02. The summed E-state index contributed by atoms with van der Waals surface area (Å²) in [6.45, 7) is 15.7. The van der Waals surface area contributed by atoms with Gasteiger partial charge in [0.15, 0.2) is 0 Å². The van der Waals surface area contributed by atoms with Crippen molar-refractivity contribution >= 4 is 0 Å². The maximum atomic E-state index is 5.76. The zero-order chi connectivity index (χ0) is 15.8. The number of pyridine rings is 1. The molecule has 0 saturated carbocycles. The average molecular weight is 293 g/mol. The first-order chi connectivity index (χ1) is 9.95. The fraction of sp³-hybridized carbons (Fsp3) is 0.706. The average Bonchev–Trinajstić information content (AvgIpc) is 2.43. The molecule has 1 atom stereocenters. The van der Waals surface area contributed by atoms with Gasteiger partial charge in [-0.05, 0) is 46.7 Å². The summed E-state index contributed by atoms with van der Waals surface area (Å²) in [5.74, 6) is 0.704. The van der Waals surface area contributed by atoms with Crippen LogP contribution in [-0.4, -0.2) is 41.7 Å². The van der Waals surface area contributed by atoms with Gasteiger partial charge >= 0.3 is 0 Å². The van der Waals surface area contributed by atoms with Crippen LogP contribution < -0.4 is 10.1 Å². The first-order valence-electron chi connectivity index (χ1n) is 8.03. The number of ether oxygens (including phenoxy) is 1. The molecular weight excluding hydrogens is 262 g/mol. The van der Waals surface area contributed by atoms with Crippen LogP contribution in [0.1, 0.15) is 53.1 Å². The van der Waals surface area contributed by atoms with E-state index in [9.17, 15) is 0 Å². The fourth-order valence-electron chi connectivity index (χ4n) is 2.53. The summed E-state index contributed by atoms with van der Waals surface area (Å²) in [6.07, 6.45) is 1.89. The third-order valence-electron chi connectivity index (χ3n) is 3.70. The number of aromatic nitrogens is 1. The third-order valence-corrected chi connectivity index (χ3v) is 3.70. The molecule has 1 aromatic rings. The largest absolute Gasteiger partial charge is 0.476 e. The Morgan fingerprint density at radius 1 is 1.14 bits per heavy atom. The minimum Gasteiger partial charge on any atom is -0.476 e. The van der Waals surface area contributed by atoms with Gasteiger partial charge in [-0.25, -0.2) is 4.98 Å². The van der Waals surface area contributed by atoms with Crippen LogP contribution >= 0.6 is 0 Å². The van der Waals surface area contributed by atoms with Crippen LogP contribution in [0.5, 0.6) is 5.88 Å². The minimum atomic E-state index is 0.328. The van der Waals surface area contributed by atoms with E-state index in [1.807, 2.05) is 12.3 Å². The van der Waals surface area contributed by atoms with Crippen molar-refractivity contribution < 1.29 is 4.74 Å². The van der Waals surface area contributed by atoms with Crippen LogP contribution in [0.25, 0.3) is 0 Å². The molecule has 1 aromatic heterocycles. The summed E-state index contributed by atoms with van der Waals surface area (Å²) in [5, 5.41) is 3.38. The Balaban J connectivity index is 2.46. The first kappa shape index (κ1) is 17.9. The van der Waals surface area contributed by atoms with E-state index in [1.165, 1.54) is 5.56 Å². The predicted molar refractivity (Wildman–Crippen MR) is 88.8 cm³/mol. The Morgan fingerprint density at radius 2 is 1.81 bits per heavy atom. The molecule has 0 fully saturated rings. The second-order valence-corrected chi connectivity index (χ2v) is 5.98. The molecule has 0 bridgehead atoms. The molecule has 0 aliphatic heterocycles. The number of nitrogens with one attached hydrogen (secondary N) is 1. The summed E-state index contributed by atoms with van der Waals surface area (Å²) < 4.78 is 5.76. The van der Waals surface area contributed by atoms with Gasteiger partial charge < -0.3 is 10.1 Å². The van der Waals surface area contributed by atoms with Crippen LogP contribution in [0.2, 0.25) is 0 Å². The lowest BCUT2D eigenvalue weighted by molar-refractivity contribution is 0.140. The molecule has 4 heteroatoms. The Kier molecular flexibility index (Phi) is 7.68.